The molecule has 98 valence electrons. The van der Waals surface area contributed by atoms with Crippen LogP contribution in [0.15, 0.2) is 46.9 Å². The number of hydrogen-bond acceptors (Lipinski definition) is 5. The van der Waals surface area contributed by atoms with E-state index in [0.717, 1.165) is 12.1 Å². The molecule has 5 nitrogen and oxygen atoms in total. The van der Waals surface area contributed by atoms with E-state index >= 15 is 0 Å². The van der Waals surface area contributed by atoms with Gasteiger partial charge in [0.05, 0.1) is 0 Å². The van der Waals surface area contributed by atoms with Gasteiger partial charge in [0.15, 0.2) is 0 Å². The molecular formula is C15H12N4O. The van der Waals surface area contributed by atoms with Gasteiger partial charge in [-0.2, -0.15) is 0 Å². The van der Waals surface area contributed by atoms with Crippen LogP contribution in [0, 0.1) is 0 Å². The summed E-state index contributed by atoms with van der Waals surface area (Å²) in [6, 6.07) is 15.1. The molecule has 3 aromatic rings. The molecule has 0 unspecified atom stereocenters. The lowest BCUT2D eigenvalue weighted by atomic mass is 10.1. The highest BCUT2D eigenvalue weighted by molar-refractivity contribution is 5.78. The van der Waals surface area contributed by atoms with Crippen molar-refractivity contribution in [2.45, 2.75) is 6.42 Å². The minimum Gasteiger partial charge on any atom is -0.389 e. The van der Waals surface area contributed by atoms with Crippen LogP contribution in [0.5, 0.6) is 0 Å². The molecule has 0 saturated carbocycles. The van der Waals surface area contributed by atoms with Crippen LogP contribution in [0.4, 0.5) is 17.7 Å². The van der Waals surface area contributed by atoms with Gasteiger partial charge in [0.2, 0.25) is 0 Å². The Kier molecular flexibility index (Phi) is 2.26. The van der Waals surface area contributed by atoms with E-state index < -0.39 is 0 Å². The first-order chi connectivity index (χ1) is 9.79. The van der Waals surface area contributed by atoms with Gasteiger partial charge in [-0.3, -0.25) is 0 Å². The maximum Gasteiger partial charge on any atom is 0.321 e. The SMILES string of the molecule is Nc1nnc(Nc2ccc3c(c2)Cc2ccccc2-3)o1. The summed E-state index contributed by atoms with van der Waals surface area (Å²) in [6.45, 7) is 0. The lowest BCUT2D eigenvalue weighted by molar-refractivity contribution is 0.593. The predicted octanol–water partition coefficient (Wildman–Crippen LogP) is 2.97. The molecule has 1 aliphatic carbocycles. The summed E-state index contributed by atoms with van der Waals surface area (Å²) in [4.78, 5) is 0. The van der Waals surface area contributed by atoms with E-state index in [4.69, 9.17) is 10.2 Å². The maximum absolute atomic E-state index is 5.40. The lowest BCUT2D eigenvalue weighted by Crippen LogP contribution is -1.92. The molecule has 0 radical (unpaired) electrons. The number of hydrogen-bond donors (Lipinski definition) is 2. The van der Waals surface area contributed by atoms with Gasteiger partial charge in [0, 0.05) is 5.69 Å². The molecule has 2 aromatic carbocycles. The van der Waals surface area contributed by atoms with E-state index in [1.165, 1.54) is 22.3 Å². The van der Waals surface area contributed by atoms with E-state index in [-0.39, 0.29) is 6.01 Å². The second-order valence-corrected chi connectivity index (χ2v) is 4.78. The first-order valence-corrected chi connectivity index (χ1v) is 6.37. The van der Waals surface area contributed by atoms with Crippen LogP contribution >= 0.6 is 0 Å². The molecule has 1 aromatic heterocycles. The largest absolute Gasteiger partial charge is 0.389 e. The Morgan fingerprint density at radius 1 is 1.00 bits per heavy atom. The number of nitrogen functional groups attached to an aromatic ring is 1. The summed E-state index contributed by atoms with van der Waals surface area (Å²) >= 11 is 0. The summed E-state index contributed by atoms with van der Waals surface area (Å²) in [5.41, 5.74) is 11.6. The van der Waals surface area contributed by atoms with Gasteiger partial charge in [-0.1, -0.05) is 40.5 Å². The van der Waals surface area contributed by atoms with Gasteiger partial charge in [0.25, 0.3) is 0 Å². The smallest absolute Gasteiger partial charge is 0.321 e. The highest BCUT2D eigenvalue weighted by Gasteiger charge is 2.18. The van der Waals surface area contributed by atoms with Crippen molar-refractivity contribution in [2.24, 2.45) is 0 Å². The van der Waals surface area contributed by atoms with Crippen LogP contribution in [-0.2, 0) is 6.42 Å². The number of nitrogens with one attached hydrogen (secondary N) is 1. The number of aromatic nitrogens is 2. The van der Waals surface area contributed by atoms with Crippen molar-refractivity contribution in [1.29, 1.82) is 0 Å². The Bertz CT molecular complexity index is 794. The molecule has 1 heterocycles. The second kappa shape index (κ2) is 4.09. The average molecular weight is 264 g/mol. The third-order valence-corrected chi connectivity index (χ3v) is 3.49. The van der Waals surface area contributed by atoms with Crippen LogP contribution in [0.2, 0.25) is 0 Å². The Morgan fingerprint density at radius 2 is 1.85 bits per heavy atom. The van der Waals surface area contributed by atoms with Crippen molar-refractivity contribution in [2.75, 3.05) is 11.1 Å². The fourth-order valence-corrected chi connectivity index (χ4v) is 2.63. The first-order valence-electron chi connectivity index (χ1n) is 6.37. The summed E-state index contributed by atoms with van der Waals surface area (Å²) < 4.78 is 5.11. The average Bonchev–Trinajstić information content (AvgIpc) is 3.01. The molecule has 0 amide bonds. The number of rotatable bonds is 2. The summed E-state index contributed by atoms with van der Waals surface area (Å²) in [5.74, 6) is 0. The van der Waals surface area contributed by atoms with Crippen molar-refractivity contribution >= 4 is 17.7 Å². The summed E-state index contributed by atoms with van der Waals surface area (Å²) in [7, 11) is 0. The highest BCUT2D eigenvalue weighted by atomic mass is 16.4. The molecule has 0 saturated heterocycles. The number of fused-ring (bicyclic) bond motifs is 3. The standard InChI is InChI=1S/C15H12N4O/c16-14-18-19-15(20-14)17-11-5-6-13-10(8-11)7-9-3-1-2-4-12(9)13/h1-6,8H,7H2,(H2,16,18)(H,17,19). The Hall–Kier alpha value is -2.82. The zero-order valence-corrected chi connectivity index (χ0v) is 10.6. The molecule has 0 atom stereocenters. The summed E-state index contributed by atoms with van der Waals surface area (Å²) in [6.07, 6.45) is 0.951. The zero-order valence-electron chi connectivity index (χ0n) is 10.6. The monoisotopic (exact) mass is 264 g/mol. The fourth-order valence-electron chi connectivity index (χ4n) is 2.63. The highest BCUT2D eigenvalue weighted by Crippen LogP contribution is 2.37. The van der Waals surface area contributed by atoms with E-state index in [0.29, 0.717) is 6.01 Å². The third kappa shape index (κ3) is 1.72. The molecule has 0 bridgehead atoms. The zero-order chi connectivity index (χ0) is 13.5. The van der Waals surface area contributed by atoms with Crippen LogP contribution in [0.25, 0.3) is 11.1 Å². The Balaban J connectivity index is 1.68. The van der Waals surface area contributed by atoms with Gasteiger partial charge in [0.1, 0.15) is 0 Å². The second-order valence-electron chi connectivity index (χ2n) is 4.78. The van der Waals surface area contributed by atoms with Gasteiger partial charge in [-0.25, -0.2) is 0 Å². The van der Waals surface area contributed by atoms with Crippen molar-refractivity contribution in [3.63, 3.8) is 0 Å². The molecule has 1 aliphatic rings. The Labute approximate surface area is 115 Å². The molecule has 0 fully saturated rings. The molecule has 3 N–H and O–H groups in total. The van der Waals surface area contributed by atoms with Crippen LogP contribution < -0.4 is 11.1 Å². The quantitative estimate of drug-likeness (QED) is 0.582. The number of anilines is 3. The minimum absolute atomic E-state index is 0.0565. The van der Waals surface area contributed by atoms with Crippen LogP contribution in [-0.4, -0.2) is 10.2 Å². The molecule has 20 heavy (non-hydrogen) atoms. The topological polar surface area (TPSA) is 77.0 Å². The fraction of sp³-hybridized carbons (Fsp3) is 0.0667. The number of nitrogens with zero attached hydrogens (tertiary/aromatic N) is 2. The summed E-state index contributed by atoms with van der Waals surface area (Å²) in [5, 5.41) is 10.5. The molecule has 4 rings (SSSR count). The van der Waals surface area contributed by atoms with Crippen LogP contribution in [0.1, 0.15) is 11.1 Å². The number of nitrogens with two attached hydrogens (primary N) is 1. The van der Waals surface area contributed by atoms with Gasteiger partial charge in [-0.05, 0) is 40.8 Å². The molecule has 0 spiro atoms. The van der Waals surface area contributed by atoms with Crippen molar-refractivity contribution in [3.05, 3.63) is 53.6 Å². The lowest BCUT2D eigenvalue weighted by Gasteiger charge is -2.05. The van der Waals surface area contributed by atoms with Crippen LogP contribution in [0.3, 0.4) is 0 Å². The predicted molar refractivity (Wildman–Crippen MR) is 76.7 cm³/mol. The Morgan fingerprint density at radius 3 is 2.70 bits per heavy atom. The molecule has 5 heteroatoms. The number of benzene rings is 2. The minimum atomic E-state index is 0.0565. The van der Waals surface area contributed by atoms with E-state index in [1.807, 2.05) is 6.07 Å². The third-order valence-electron chi connectivity index (χ3n) is 3.49. The van der Waals surface area contributed by atoms with Crippen molar-refractivity contribution in [3.8, 4) is 11.1 Å². The molecular weight excluding hydrogens is 252 g/mol. The molecule has 0 aliphatic heterocycles. The normalized spacial score (nSPS) is 12.0. The maximum atomic E-state index is 5.40. The van der Waals surface area contributed by atoms with E-state index in [2.05, 4.69) is 51.9 Å². The van der Waals surface area contributed by atoms with Gasteiger partial charge in [-0.15, -0.1) is 0 Å². The van der Waals surface area contributed by atoms with Crippen molar-refractivity contribution in [1.82, 2.24) is 10.2 Å². The van der Waals surface area contributed by atoms with E-state index in [1.54, 1.807) is 0 Å². The van der Waals surface area contributed by atoms with Gasteiger partial charge < -0.3 is 15.5 Å². The van der Waals surface area contributed by atoms with Crippen molar-refractivity contribution < 1.29 is 4.42 Å². The first kappa shape index (κ1) is 11.0. The van der Waals surface area contributed by atoms with Gasteiger partial charge >= 0.3 is 12.0 Å². The van der Waals surface area contributed by atoms with E-state index in [9.17, 15) is 0 Å².